The van der Waals surface area contributed by atoms with E-state index >= 15 is 0 Å². The van der Waals surface area contributed by atoms with Gasteiger partial charge in [0, 0.05) is 61.8 Å². The summed E-state index contributed by atoms with van der Waals surface area (Å²) in [4.78, 5) is 49.4. The molecule has 11 nitrogen and oxygen atoms in total. The molecule has 202 valence electrons. The predicted octanol–water partition coefficient (Wildman–Crippen LogP) is 2.94. The number of nitrogens with one attached hydrogen (secondary N) is 4. The first-order chi connectivity index (χ1) is 19.0. The molecular formula is C28H31N7O4. The van der Waals surface area contributed by atoms with Gasteiger partial charge < -0.3 is 35.5 Å². The molecule has 1 aliphatic carbocycles. The Hall–Kier alpha value is -4.54. The summed E-state index contributed by atoms with van der Waals surface area (Å²) >= 11 is 0. The molecule has 0 radical (unpaired) electrons. The zero-order valence-corrected chi connectivity index (χ0v) is 21.8. The lowest BCUT2D eigenvalue weighted by atomic mass is 10.1. The number of aromatic amines is 1. The topological polar surface area (TPSA) is 132 Å². The highest BCUT2D eigenvalue weighted by atomic mass is 16.5. The van der Waals surface area contributed by atoms with Crippen molar-refractivity contribution in [2.45, 2.75) is 19.8 Å². The van der Waals surface area contributed by atoms with E-state index in [4.69, 9.17) is 4.74 Å². The summed E-state index contributed by atoms with van der Waals surface area (Å²) in [6.45, 7) is 6.14. The number of H-pyrrole nitrogens is 1. The Labute approximate surface area is 225 Å². The van der Waals surface area contributed by atoms with Crippen molar-refractivity contribution >= 4 is 40.3 Å². The predicted molar refractivity (Wildman–Crippen MR) is 149 cm³/mol. The number of anilines is 5. The summed E-state index contributed by atoms with van der Waals surface area (Å²) in [6, 6.07) is 9.18. The van der Waals surface area contributed by atoms with Crippen LogP contribution in [0.3, 0.4) is 0 Å². The maximum absolute atomic E-state index is 13.2. The lowest BCUT2D eigenvalue weighted by molar-refractivity contribution is -0.132. The monoisotopic (exact) mass is 529 g/mol. The van der Waals surface area contributed by atoms with E-state index in [1.807, 2.05) is 36.1 Å². The van der Waals surface area contributed by atoms with Crippen molar-refractivity contribution in [3.05, 3.63) is 64.2 Å². The third kappa shape index (κ3) is 5.12. The van der Waals surface area contributed by atoms with Crippen LogP contribution < -0.4 is 31.1 Å². The quantitative estimate of drug-likeness (QED) is 0.383. The molecule has 2 amide bonds. The zero-order chi connectivity index (χ0) is 26.9. The van der Waals surface area contributed by atoms with Gasteiger partial charge in [-0.25, -0.2) is 4.98 Å². The number of carbonyl (C=O) groups excluding carboxylic acids is 2. The molecule has 4 heterocycles. The number of hydrogen-bond acceptors (Lipinski definition) is 8. The number of piperazine rings is 1. The van der Waals surface area contributed by atoms with E-state index < -0.39 is 11.5 Å². The molecule has 0 unspecified atom stereocenters. The number of hydrogen-bond donors (Lipinski definition) is 4. The van der Waals surface area contributed by atoms with Crippen LogP contribution in [0.15, 0.2) is 47.5 Å². The van der Waals surface area contributed by atoms with Crippen LogP contribution in [-0.4, -0.2) is 66.0 Å². The smallest absolute Gasteiger partial charge is 0.263 e. The summed E-state index contributed by atoms with van der Waals surface area (Å²) in [5.74, 6) is 0.549. The molecule has 0 spiro atoms. The Bertz CT molecular complexity index is 1460. The van der Waals surface area contributed by atoms with Gasteiger partial charge in [0.1, 0.15) is 17.9 Å². The summed E-state index contributed by atoms with van der Waals surface area (Å²) in [5, 5.41) is 9.33. The fourth-order valence-corrected chi connectivity index (χ4v) is 5.02. The van der Waals surface area contributed by atoms with E-state index in [0.29, 0.717) is 42.0 Å². The minimum Gasteiger partial charge on any atom is -0.474 e. The third-order valence-electron chi connectivity index (χ3n) is 7.41. The van der Waals surface area contributed by atoms with Crippen LogP contribution in [-0.2, 0) is 4.79 Å². The molecule has 11 heteroatoms. The van der Waals surface area contributed by atoms with Crippen LogP contribution in [0, 0.1) is 12.8 Å². The Kier molecular flexibility index (Phi) is 6.55. The second-order valence-corrected chi connectivity index (χ2v) is 10.1. The van der Waals surface area contributed by atoms with Crippen molar-refractivity contribution in [1.29, 1.82) is 0 Å². The molecular weight excluding hydrogens is 498 g/mol. The molecule has 39 heavy (non-hydrogen) atoms. The Balaban J connectivity index is 1.14. The van der Waals surface area contributed by atoms with Gasteiger partial charge in [0.25, 0.3) is 11.5 Å². The maximum atomic E-state index is 13.2. The first-order valence-corrected chi connectivity index (χ1v) is 13.3. The average Bonchev–Trinajstić information content (AvgIpc) is 3.81. The minimum absolute atomic E-state index is 0.0284. The molecule has 4 N–H and O–H groups in total. The van der Waals surface area contributed by atoms with Gasteiger partial charge >= 0.3 is 0 Å². The first-order valence-electron chi connectivity index (χ1n) is 13.3. The number of carbonyl (C=O) groups is 2. The Morgan fingerprint density at radius 3 is 2.56 bits per heavy atom. The molecule has 1 saturated carbocycles. The lowest BCUT2D eigenvalue weighted by Gasteiger charge is -2.36. The van der Waals surface area contributed by atoms with Crippen LogP contribution in [0.25, 0.3) is 0 Å². The van der Waals surface area contributed by atoms with Gasteiger partial charge in [0.05, 0.1) is 17.6 Å². The summed E-state index contributed by atoms with van der Waals surface area (Å²) in [5.41, 5.74) is 3.77. The van der Waals surface area contributed by atoms with Crippen LogP contribution in [0.2, 0.25) is 0 Å². The maximum Gasteiger partial charge on any atom is 0.263 e. The van der Waals surface area contributed by atoms with Crippen molar-refractivity contribution in [2.24, 2.45) is 5.92 Å². The van der Waals surface area contributed by atoms with Gasteiger partial charge in [-0.05, 0) is 50.1 Å². The normalized spacial score (nSPS) is 16.5. The van der Waals surface area contributed by atoms with Crippen LogP contribution in [0.1, 0.15) is 28.8 Å². The van der Waals surface area contributed by atoms with Crippen LogP contribution in [0.4, 0.5) is 28.4 Å². The zero-order valence-electron chi connectivity index (χ0n) is 21.8. The number of rotatable bonds is 6. The third-order valence-corrected chi connectivity index (χ3v) is 7.41. The molecule has 2 aliphatic heterocycles. The van der Waals surface area contributed by atoms with Crippen LogP contribution >= 0.6 is 0 Å². The standard InChI is InChI=1S/C28H31N7O4/c1-17-22(16-31-27-24(17)29-10-15-39-27)33-21-8-9-30-25(36)23(21)26(37)32-19-4-6-20(7-5-19)34-11-13-35(14-12-34)28(38)18-2-3-18/h4-9,16,18,29H,2-3,10-15H2,1H3,(H,32,37)(H2,30,33,36). The Morgan fingerprint density at radius 2 is 1.82 bits per heavy atom. The number of fused-ring (bicyclic) bond motifs is 1. The number of ether oxygens (including phenoxy) is 1. The fraction of sp³-hybridized carbons (Fsp3) is 0.357. The number of pyridine rings is 2. The largest absolute Gasteiger partial charge is 0.474 e. The molecule has 1 saturated heterocycles. The van der Waals surface area contributed by atoms with Gasteiger partial charge in [0.2, 0.25) is 11.8 Å². The van der Waals surface area contributed by atoms with Gasteiger partial charge in [-0.1, -0.05) is 0 Å². The molecule has 2 aromatic heterocycles. The van der Waals surface area contributed by atoms with Crippen molar-refractivity contribution in [3.63, 3.8) is 0 Å². The summed E-state index contributed by atoms with van der Waals surface area (Å²) in [6.07, 6.45) is 5.17. The highest BCUT2D eigenvalue weighted by molar-refractivity contribution is 6.08. The van der Waals surface area contributed by atoms with Gasteiger partial charge in [0.15, 0.2) is 0 Å². The van der Waals surface area contributed by atoms with E-state index in [0.717, 1.165) is 56.0 Å². The van der Waals surface area contributed by atoms with E-state index in [1.165, 1.54) is 6.20 Å². The van der Waals surface area contributed by atoms with Crippen LogP contribution in [0.5, 0.6) is 5.88 Å². The highest BCUT2D eigenvalue weighted by Gasteiger charge is 2.34. The number of benzene rings is 1. The highest BCUT2D eigenvalue weighted by Crippen LogP contribution is 2.34. The number of nitrogens with zero attached hydrogens (tertiary/aromatic N) is 3. The van der Waals surface area contributed by atoms with E-state index in [1.54, 1.807) is 12.3 Å². The van der Waals surface area contributed by atoms with E-state index in [2.05, 4.69) is 30.8 Å². The molecule has 0 bridgehead atoms. The van der Waals surface area contributed by atoms with Crippen molar-refractivity contribution in [2.75, 3.05) is 60.2 Å². The average molecular weight is 530 g/mol. The van der Waals surface area contributed by atoms with Gasteiger partial charge in [-0.2, -0.15) is 0 Å². The minimum atomic E-state index is -0.524. The molecule has 0 atom stereocenters. The molecule has 3 aromatic rings. The second-order valence-electron chi connectivity index (χ2n) is 10.1. The Morgan fingerprint density at radius 1 is 1.05 bits per heavy atom. The van der Waals surface area contributed by atoms with E-state index in [-0.39, 0.29) is 11.5 Å². The van der Waals surface area contributed by atoms with Crippen molar-refractivity contribution < 1.29 is 14.3 Å². The molecule has 3 aliphatic rings. The van der Waals surface area contributed by atoms with Gasteiger partial charge in [-0.3, -0.25) is 14.4 Å². The SMILES string of the molecule is Cc1c(Nc2cc[nH]c(=O)c2C(=O)Nc2ccc(N3CCN(C(=O)C4CC4)CC3)cc2)cnc2c1NCCO2. The van der Waals surface area contributed by atoms with E-state index in [9.17, 15) is 14.4 Å². The molecule has 1 aromatic carbocycles. The number of amides is 2. The summed E-state index contributed by atoms with van der Waals surface area (Å²) in [7, 11) is 0. The number of aromatic nitrogens is 2. The second kappa shape index (κ2) is 10.3. The van der Waals surface area contributed by atoms with Crippen molar-refractivity contribution in [3.8, 4) is 5.88 Å². The first kappa shape index (κ1) is 24.8. The summed E-state index contributed by atoms with van der Waals surface area (Å²) < 4.78 is 5.59. The van der Waals surface area contributed by atoms with Crippen molar-refractivity contribution in [1.82, 2.24) is 14.9 Å². The fourth-order valence-electron chi connectivity index (χ4n) is 5.02. The van der Waals surface area contributed by atoms with Gasteiger partial charge in [-0.15, -0.1) is 0 Å². The molecule has 2 fully saturated rings. The molecule has 6 rings (SSSR count). The lowest BCUT2D eigenvalue weighted by Crippen LogP contribution is -2.49.